The van der Waals surface area contributed by atoms with Crippen molar-refractivity contribution in [2.45, 2.75) is 6.42 Å². The second-order valence-corrected chi connectivity index (χ2v) is 6.90. The standard InChI is InChI=1S/C18H19IN2O/c19-16-6-4-5-15(11-16)18(22)20-12-14-9-10-21(13-14)17-7-2-1-3-8-17/h1-8,11,14H,9-10,12-13H2,(H,20,22). The molecule has 0 saturated carbocycles. The van der Waals surface area contributed by atoms with Gasteiger partial charge in [0, 0.05) is 34.5 Å². The predicted octanol–water partition coefficient (Wildman–Crippen LogP) is 3.55. The highest BCUT2D eigenvalue weighted by Gasteiger charge is 2.23. The summed E-state index contributed by atoms with van der Waals surface area (Å²) < 4.78 is 1.08. The Morgan fingerprint density at radius 2 is 2.00 bits per heavy atom. The molecule has 22 heavy (non-hydrogen) atoms. The lowest BCUT2D eigenvalue weighted by molar-refractivity contribution is 0.0948. The fourth-order valence-electron chi connectivity index (χ4n) is 2.84. The number of nitrogens with one attached hydrogen (secondary N) is 1. The van der Waals surface area contributed by atoms with E-state index in [2.05, 4.69) is 57.1 Å². The lowest BCUT2D eigenvalue weighted by atomic mass is 10.1. The third-order valence-electron chi connectivity index (χ3n) is 4.05. The zero-order chi connectivity index (χ0) is 15.4. The van der Waals surface area contributed by atoms with Crippen LogP contribution >= 0.6 is 22.6 Å². The van der Waals surface area contributed by atoms with Crippen LogP contribution in [0.5, 0.6) is 0 Å². The minimum Gasteiger partial charge on any atom is -0.371 e. The Morgan fingerprint density at radius 3 is 2.77 bits per heavy atom. The van der Waals surface area contributed by atoms with E-state index in [9.17, 15) is 4.79 Å². The molecular weight excluding hydrogens is 387 g/mol. The zero-order valence-corrected chi connectivity index (χ0v) is 14.5. The maximum atomic E-state index is 12.2. The van der Waals surface area contributed by atoms with Gasteiger partial charge in [0.15, 0.2) is 0 Å². The molecule has 1 aliphatic heterocycles. The second kappa shape index (κ2) is 7.13. The first-order chi connectivity index (χ1) is 10.7. The topological polar surface area (TPSA) is 32.3 Å². The zero-order valence-electron chi connectivity index (χ0n) is 12.3. The van der Waals surface area contributed by atoms with Crippen LogP contribution in [0.3, 0.4) is 0 Å². The van der Waals surface area contributed by atoms with Crippen LogP contribution < -0.4 is 10.2 Å². The van der Waals surface area contributed by atoms with Gasteiger partial charge in [0.2, 0.25) is 0 Å². The summed E-state index contributed by atoms with van der Waals surface area (Å²) in [6.07, 6.45) is 1.13. The summed E-state index contributed by atoms with van der Waals surface area (Å²) >= 11 is 2.23. The number of benzene rings is 2. The summed E-state index contributed by atoms with van der Waals surface area (Å²) in [6.45, 7) is 2.82. The number of rotatable bonds is 4. The van der Waals surface area contributed by atoms with Crippen molar-refractivity contribution in [3.63, 3.8) is 0 Å². The van der Waals surface area contributed by atoms with E-state index in [0.717, 1.165) is 35.2 Å². The number of carbonyl (C=O) groups excluding carboxylic acids is 1. The summed E-state index contributed by atoms with van der Waals surface area (Å²) in [7, 11) is 0. The van der Waals surface area contributed by atoms with Gasteiger partial charge in [-0.3, -0.25) is 4.79 Å². The van der Waals surface area contributed by atoms with E-state index >= 15 is 0 Å². The molecule has 1 heterocycles. The first-order valence-corrected chi connectivity index (χ1v) is 8.64. The molecule has 1 unspecified atom stereocenters. The Kier molecular flexibility index (Phi) is 4.97. The van der Waals surface area contributed by atoms with Crippen LogP contribution in [0.15, 0.2) is 54.6 Å². The van der Waals surface area contributed by atoms with Crippen LogP contribution in [-0.4, -0.2) is 25.5 Å². The van der Waals surface area contributed by atoms with Crippen molar-refractivity contribution in [1.29, 1.82) is 0 Å². The lowest BCUT2D eigenvalue weighted by Gasteiger charge is -2.18. The normalized spacial score (nSPS) is 17.5. The number of carbonyl (C=O) groups is 1. The molecule has 3 nitrogen and oxygen atoms in total. The molecule has 114 valence electrons. The summed E-state index contributed by atoms with van der Waals surface area (Å²) in [5, 5.41) is 3.07. The average Bonchev–Trinajstić information content (AvgIpc) is 3.02. The van der Waals surface area contributed by atoms with E-state index in [-0.39, 0.29) is 5.91 Å². The van der Waals surface area contributed by atoms with Gasteiger partial charge in [-0.2, -0.15) is 0 Å². The molecule has 0 radical (unpaired) electrons. The number of para-hydroxylation sites is 1. The number of amides is 1. The Balaban J connectivity index is 1.52. The highest BCUT2D eigenvalue weighted by molar-refractivity contribution is 14.1. The van der Waals surface area contributed by atoms with Crippen LogP contribution in [-0.2, 0) is 0 Å². The van der Waals surface area contributed by atoms with Crippen LogP contribution in [0.1, 0.15) is 16.8 Å². The van der Waals surface area contributed by atoms with Gasteiger partial charge in [0.25, 0.3) is 5.91 Å². The van der Waals surface area contributed by atoms with Crippen LogP contribution in [0.2, 0.25) is 0 Å². The van der Waals surface area contributed by atoms with Crippen molar-refractivity contribution in [3.05, 3.63) is 63.7 Å². The minimum atomic E-state index is 0.0247. The number of hydrogen-bond acceptors (Lipinski definition) is 2. The largest absolute Gasteiger partial charge is 0.371 e. The fourth-order valence-corrected chi connectivity index (χ4v) is 3.38. The average molecular weight is 406 g/mol. The molecule has 0 aromatic heterocycles. The van der Waals surface area contributed by atoms with Crippen LogP contribution in [0, 0.1) is 9.49 Å². The molecule has 1 aliphatic rings. The van der Waals surface area contributed by atoms with Crippen molar-refractivity contribution >= 4 is 34.2 Å². The summed E-state index contributed by atoms with van der Waals surface area (Å²) in [4.78, 5) is 14.6. The highest BCUT2D eigenvalue weighted by Crippen LogP contribution is 2.23. The molecule has 0 aliphatic carbocycles. The predicted molar refractivity (Wildman–Crippen MR) is 98.3 cm³/mol. The van der Waals surface area contributed by atoms with Crippen LogP contribution in [0.25, 0.3) is 0 Å². The first kappa shape index (κ1) is 15.3. The van der Waals surface area contributed by atoms with Gasteiger partial charge in [-0.1, -0.05) is 24.3 Å². The lowest BCUT2D eigenvalue weighted by Crippen LogP contribution is -2.31. The molecule has 1 saturated heterocycles. The fraction of sp³-hybridized carbons (Fsp3) is 0.278. The maximum absolute atomic E-state index is 12.2. The summed E-state index contributed by atoms with van der Waals surface area (Å²) in [5.74, 6) is 0.545. The smallest absolute Gasteiger partial charge is 0.251 e. The van der Waals surface area contributed by atoms with E-state index in [1.165, 1.54) is 5.69 Å². The minimum absolute atomic E-state index is 0.0247. The summed E-state index contributed by atoms with van der Waals surface area (Å²) in [5.41, 5.74) is 2.01. The van der Waals surface area contributed by atoms with Gasteiger partial charge in [0.1, 0.15) is 0 Å². The number of hydrogen-bond donors (Lipinski definition) is 1. The maximum Gasteiger partial charge on any atom is 0.251 e. The van der Waals surface area contributed by atoms with Gasteiger partial charge < -0.3 is 10.2 Å². The molecule has 2 aromatic carbocycles. The van der Waals surface area contributed by atoms with Gasteiger partial charge in [0.05, 0.1) is 0 Å². The molecule has 4 heteroatoms. The van der Waals surface area contributed by atoms with E-state index in [1.54, 1.807) is 0 Å². The SMILES string of the molecule is O=C(NCC1CCN(c2ccccc2)C1)c1cccc(I)c1. The molecule has 0 spiro atoms. The molecule has 1 fully saturated rings. The Morgan fingerprint density at radius 1 is 1.18 bits per heavy atom. The molecule has 2 aromatic rings. The van der Waals surface area contributed by atoms with Gasteiger partial charge in [-0.25, -0.2) is 0 Å². The molecular formula is C18H19IN2O. The highest BCUT2D eigenvalue weighted by atomic mass is 127. The first-order valence-electron chi connectivity index (χ1n) is 7.56. The van der Waals surface area contributed by atoms with Gasteiger partial charge in [-0.05, 0) is 65.3 Å². The number of halogens is 1. The van der Waals surface area contributed by atoms with Gasteiger partial charge >= 0.3 is 0 Å². The summed E-state index contributed by atoms with van der Waals surface area (Å²) in [6, 6.07) is 18.2. The molecule has 1 atom stereocenters. The number of nitrogens with zero attached hydrogens (tertiary/aromatic N) is 1. The third-order valence-corrected chi connectivity index (χ3v) is 4.72. The molecule has 1 amide bonds. The van der Waals surface area contributed by atoms with Crippen molar-refractivity contribution in [2.75, 3.05) is 24.5 Å². The van der Waals surface area contributed by atoms with Crippen molar-refractivity contribution < 1.29 is 4.79 Å². The van der Waals surface area contributed by atoms with Crippen molar-refractivity contribution in [1.82, 2.24) is 5.32 Å². The molecule has 1 N–H and O–H groups in total. The van der Waals surface area contributed by atoms with E-state index in [4.69, 9.17) is 0 Å². The Hall–Kier alpha value is -1.56. The molecule has 3 rings (SSSR count). The van der Waals surface area contributed by atoms with Gasteiger partial charge in [-0.15, -0.1) is 0 Å². The quantitative estimate of drug-likeness (QED) is 0.788. The third kappa shape index (κ3) is 3.80. The van der Waals surface area contributed by atoms with Crippen molar-refractivity contribution in [2.24, 2.45) is 5.92 Å². The molecule has 0 bridgehead atoms. The number of anilines is 1. The monoisotopic (exact) mass is 406 g/mol. The second-order valence-electron chi connectivity index (χ2n) is 5.66. The van der Waals surface area contributed by atoms with Crippen molar-refractivity contribution in [3.8, 4) is 0 Å². The Labute approximate surface area is 144 Å². The van der Waals surface area contributed by atoms with E-state index < -0.39 is 0 Å². The van der Waals surface area contributed by atoms with Crippen LogP contribution in [0.4, 0.5) is 5.69 Å². The van der Waals surface area contributed by atoms with E-state index in [1.807, 2.05) is 30.3 Å². The Bertz CT molecular complexity index is 645. The van der Waals surface area contributed by atoms with E-state index in [0.29, 0.717) is 5.92 Å².